The molecule has 0 bridgehead atoms. The summed E-state index contributed by atoms with van der Waals surface area (Å²) in [4.78, 5) is 18.8. The first-order valence-electron chi connectivity index (χ1n) is 11.6. The van der Waals surface area contributed by atoms with Crippen LogP contribution in [-0.4, -0.2) is 51.0 Å². The number of nitrogens with zero attached hydrogens (tertiary/aromatic N) is 4. The highest BCUT2D eigenvalue weighted by atomic mass is 19.4. The third kappa shape index (κ3) is 4.43. The van der Waals surface area contributed by atoms with Crippen LogP contribution in [0.25, 0.3) is 5.65 Å². The van der Waals surface area contributed by atoms with Gasteiger partial charge in [0.1, 0.15) is 0 Å². The van der Waals surface area contributed by atoms with Crippen molar-refractivity contribution >= 4 is 11.7 Å². The van der Waals surface area contributed by atoms with Gasteiger partial charge < -0.3 is 9.64 Å². The van der Waals surface area contributed by atoms with Crippen molar-refractivity contribution in [3.8, 4) is 0 Å². The van der Waals surface area contributed by atoms with Gasteiger partial charge in [0.15, 0.2) is 5.65 Å². The van der Waals surface area contributed by atoms with Crippen LogP contribution in [0.4, 0.5) is 18.0 Å². The van der Waals surface area contributed by atoms with E-state index in [9.17, 15) is 18.0 Å². The van der Waals surface area contributed by atoms with Gasteiger partial charge in [-0.1, -0.05) is 0 Å². The van der Waals surface area contributed by atoms with E-state index in [1.165, 1.54) is 0 Å². The smallest absolute Gasteiger partial charge is 0.410 e. The summed E-state index contributed by atoms with van der Waals surface area (Å²) in [5.41, 5.74) is 3.38. The molecule has 9 heteroatoms. The highest BCUT2D eigenvalue weighted by Gasteiger charge is 2.42. The van der Waals surface area contributed by atoms with E-state index >= 15 is 0 Å². The first-order valence-corrected chi connectivity index (χ1v) is 11.6. The van der Waals surface area contributed by atoms with Gasteiger partial charge in [-0.2, -0.15) is 18.3 Å². The summed E-state index contributed by atoms with van der Waals surface area (Å²) in [5.74, 6) is -1.11. The molecule has 0 aromatic carbocycles. The number of aromatic nitrogens is 3. The number of aryl methyl sites for hydroxylation is 1. The molecule has 2 aliphatic rings. The number of alkyl halides is 3. The molecule has 32 heavy (non-hydrogen) atoms. The van der Waals surface area contributed by atoms with Gasteiger partial charge in [0, 0.05) is 36.2 Å². The van der Waals surface area contributed by atoms with Crippen LogP contribution in [0.3, 0.4) is 0 Å². The first-order chi connectivity index (χ1) is 15.2. The van der Waals surface area contributed by atoms with E-state index in [0.29, 0.717) is 31.6 Å². The average molecular weight is 453 g/mol. The molecule has 4 rings (SSSR count). The van der Waals surface area contributed by atoms with E-state index in [2.05, 4.69) is 4.98 Å². The lowest BCUT2D eigenvalue weighted by molar-refractivity contribution is -0.182. The van der Waals surface area contributed by atoms with Crippen molar-refractivity contribution in [3.05, 3.63) is 29.2 Å². The Labute approximate surface area is 186 Å². The highest BCUT2D eigenvalue weighted by Crippen LogP contribution is 2.43. The Morgan fingerprint density at radius 2 is 1.91 bits per heavy atom. The fraction of sp³-hybridized carbons (Fsp3) is 0.696. The van der Waals surface area contributed by atoms with Crippen LogP contribution in [0.15, 0.2) is 12.1 Å². The first kappa shape index (κ1) is 22.9. The summed E-state index contributed by atoms with van der Waals surface area (Å²) in [7, 11) is 0. The van der Waals surface area contributed by atoms with Crippen LogP contribution in [0.2, 0.25) is 0 Å². The maximum absolute atomic E-state index is 13.0. The number of halogens is 3. The predicted octanol–water partition coefficient (Wildman–Crippen LogP) is 5.60. The molecule has 0 unspecified atom stereocenters. The normalized spacial score (nSPS) is 27.0. The van der Waals surface area contributed by atoms with Gasteiger partial charge in [-0.25, -0.2) is 14.3 Å². The zero-order valence-electron chi connectivity index (χ0n) is 18.9. The van der Waals surface area contributed by atoms with Gasteiger partial charge in [0.05, 0.1) is 23.9 Å². The minimum Gasteiger partial charge on any atom is -0.450 e. The van der Waals surface area contributed by atoms with Crippen LogP contribution in [0.1, 0.15) is 81.3 Å². The quantitative estimate of drug-likeness (QED) is 0.608. The summed E-state index contributed by atoms with van der Waals surface area (Å²) in [6.07, 6.45) is -1.36. The second-order valence-electron chi connectivity index (χ2n) is 9.13. The van der Waals surface area contributed by atoms with Crippen molar-refractivity contribution < 1.29 is 22.7 Å². The van der Waals surface area contributed by atoms with E-state index in [1.54, 1.807) is 11.8 Å². The van der Waals surface area contributed by atoms with Gasteiger partial charge in [-0.05, 0) is 65.4 Å². The van der Waals surface area contributed by atoms with Crippen LogP contribution in [0.5, 0.6) is 0 Å². The fourth-order valence-electron chi connectivity index (χ4n) is 5.33. The molecule has 1 aliphatic heterocycles. The van der Waals surface area contributed by atoms with Gasteiger partial charge in [-0.15, -0.1) is 0 Å². The number of rotatable bonds is 3. The van der Waals surface area contributed by atoms with E-state index in [-0.39, 0.29) is 36.8 Å². The van der Waals surface area contributed by atoms with Crippen molar-refractivity contribution in [2.45, 2.75) is 83.4 Å². The Bertz CT molecular complexity index is 966. The molecule has 1 saturated carbocycles. The van der Waals surface area contributed by atoms with Crippen LogP contribution in [-0.2, 0) is 4.74 Å². The topological polar surface area (TPSA) is 59.7 Å². The number of carbonyl (C=O) groups excluding carboxylic acids is 1. The molecule has 6 nitrogen and oxygen atoms in total. The molecule has 0 spiro atoms. The molecule has 1 aliphatic carbocycles. The second kappa shape index (κ2) is 8.90. The highest BCUT2D eigenvalue weighted by molar-refractivity contribution is 5.68. The summed E-state index contributed by atoms with van der Waals surface area (Å²) >= 11 is 0. The number of piperidine rings is 1. The van der Waals surface area contributed by atoms with Crippen LogP contribution in [0, 0.1) is 12.8 Å². The number of fused-ring (bicyclic) bond motifs is 1. The lowest BCUT2D eigenvalue weighted by Gasteiger charge is -2.38. The molecule has 0 N–H and O–H groups in total. The maximum atomic E-state index is 13.0. The number of likely N-dealkylation sites (tertiary alicyclic amines) is 1. The largest absolute Gasteiger partial charge is 0.450 e. The Balaban J connectivity index is 1.61. The van der Waals surface area contributed by atoms with Crippen molar-refractivity contribution in [3.63, 3.8) is 0 Å². The molecule has 2 aromatic rings. The van der Waals surface area contributed by atoms with Crippen LogP contribution >= 0.6 is 0 Å². The lowest BCUT2D eigenvalue weighted by atomic mass is 9.80. The number of hydrogen-bond acceptors (Lipinski definition) is 4. The van der Waals surface area contributed by atoms with Crippen molar-refractivity contribution in [1.29, 1.82) is 0 Å². The Kier molecular flexibility index (Phi) is 6.36. The number of ether oxygens (including phenoxy) is 1. The summed E-state index contributed by atoms with van der Waals surface area (Å²) in [6.45, 7) is 6.76. The standard InChI is InChI=1S/C23H31F3N4O2/c1-4-32-22(31)29-11-5-6-18(15(29)3)20-12-14(2)27-21-13-19(28-30(20)21)16-7-9-17(10-8-16)23(24,25)26/h12-13,15-18H,4-11H2,1-3H3/t15-,16?,17?,18-/m0/s1. The maximum Gasteiger partial charge on any atom is 0.410 e. The third-order valence-corrected chi connectivity index (χ3v) is 7.08. The van der Waals surface area contributed by atoms with E-state index in [4.69, 9.17) is 9.84 Å². The molecule has 2 aromatic heterocycles. The summed E-state index contributed by atoms with van der Waals surface area (Å²) in [5, 5.41) is 4.82. The zero-order valence-corrected chi connectivity index (χ0v) is 18.9. The average Bonchev–Trinajstić information content (AvgIpc) is 3.17. The molecule has 1 amide bonds. The summed E-state index contributed by atoms with van der Waals surface area (Å²) < 4.78 is 46.2. The minimum atomic E-state index is -4.11. The third-order valence-electron chi connectivity index (χ3n) is 7.08. The Morgan fingerprint density at radius 3 is 2.56 bits per heavy atom. The number of hydrogen-bond donors (Lipinski definition) is 0. The SMILES string of the molecule is CCOC(=O)N1CCC[C@H](c2cc(C)nc3cc(C4CCC(C(F)(F)F)CC4)nn23)[C@@H]1C. The van der Waals surface area contributed by atoms with Crippen LogP contribution < -0.4 is 0 Å². The minimum absolute atomic E-state index is 0.0169. The monoisotopic (exact) mass is 452 g/mol. The molecular formula is C23H31F3N4O2. The van der Waals surface area contributed by atoms with Crippen molar-refractivity contribution in [2.24, 2.45) is 5.92 Å². The molecule has 2 atom stereocenters. The summed E-state index contributed by atoms with van der Waals surface area (Å²) in [6, 6.07) is 3.88. The Hall–Kier alpha value is -2.32. The van der Waals surface area contributed by atoms with Gasteiger partial charge in [0.2, 0.25) is 0 Å². The zero-order chi connectivity index (χ0) is 23.0. The fourth-order valence-corrected chi connectivity index (χ4v) is 5.33. The molecule has 176 valence electrons. The van der Waals surface area contributed by atoms with Gasteiger partial charge >= 0.3 is 12.3 Å². The van der Waals surface area contributed by atoms with E-state index < -0.39 is 12.1 Å². The second-order valence-corrected chi connectivity index (χ2v) is 9.13. The lowest BCUT2D eigenvalue weighted by Crippen LogP contribution is -2.46. The number of carbonyl (C=O) groups is 1. The Morgan fingerprint density at radius 1 is 1.19 bits per heavy atom. The molecule has 3 heterocycles. The van der Waals surface area contributed by atoms with E-state index in [0.717, 1.165) is 29.9 Å². The van der Waals surface area contributed by atoms with E-state index in [1.807, 2.05) is 30.5 Å². The molecule has 1 saturated heterocycles. The van der Waals surface area contributed by atoms with Gasteiger partial charge in [-0.3, -0.25) is 0 Å². The van der Waals surface area contributed by atoms with Crippen molar-refractivity contribution in [2.75, 3.05) is 13.2 Å². The van der Waals surface area contributed by atoms with Gasteiger partial charge in [0.25, 0.3) is 0 Å². The predicted molar refractivity (Wildman–Crippen MR) is 114 cm³/mol. The van der Waals surface area contributed by atoms with Crippen molar-refractivity contribution in [1.82, 2.24) is 19.5 Å². The molecular weight excluding hydrogens is 421 g/mol. The molecule has 2 fully saturated rings. The molecule has 0 radical (unpaired) electrons. The number of amides is 1.